The zero-order valence-electron chi connectivity index (χ0n) is 16.2. The number of amides is 1. The number of sulfonamides is 1. The molecule has 6 nitrogen and oxygen atoms in total. The maximum atomic E-state index is 13.2. The molecular formula is C21H25FN2O4S. The number of halogens is 1. The van der Waals surface area contributed by atoms with Crippen LogP contribution in [0.5, 0.6) is 0 Å². The van der Waals surface area contributed by atoms with Crippen molar-refractivity contribution in [3.63, 3.8) is 0 Å². The Kier molecular flexibility index (Phi) is 6.36. The SMILES string of the molecule is CNS(=O)(=O)c1cccc(C(=O)NC[C@]2(Cc3ccc(F)cc3)CCC[C@H]2O)c1. The minimum Gasteiger partial charge on any atom is -0.392 e. The molecule has 2 aromatic rings. The average molecular weight is 421 g/mol. The second-order valence-corrected chi connectivity index (χ2v) is 9.38. The lowest BCUT2D eigenvalue weighted by Crippen LogP contribution is -2.44. The van der Waals surface area contributed by atoms with Crippen LogP contribution in [-0.4, -0.2) is 39.1 Å². The van der Waals surface area contributed by atoms with Crippen LogP contribution in [0.2, 0.25) is 0 Å². The highest BCUT2D eigenvalue weighted by Gasteiger charge is 2.42. The van der Waals surface area contributed by atoms with Gasteiger partial charge in [0.05, 0.1) is 11.0 Å². The summed E-state index contributed by atoms with van der Waals surface area (Å²) < 4.78 is 39.3. The first-order chi connectivity index (χ1) is 13.8. The Morgan fingerprint density at radius 3 is 2.59 bits per heavy atom. The van der Waals surface area contributed by atoms with E-state index in [4.69, 9.17) is 0 Å². The highest BCUT2D eigenvalue weighted by molar-refractivity contribution is 7.89. The van der Waals surface area contributed by atoms with Crippen molar-refractivity contribution in [3.05, 3.63) is 65.5 Å². The van der Waals surface area contributed by atoms with Crippen molar-refractivity contribution in [2.45, 2.75) is 36.7 Å². The Balaban J connectivity index is 1.75. The smallest absolute Gasteiger partial charge is 0.251 e. The van der Waals surface area contributed by atoms with Gasteiger partial charge in [-0.15, -0.1) is 0 Å². The van der Waals surface area contributed by atoms with Gasteiger partial charge in [0.15, 0.2) is 0 Å². The van der Waals surface area contributed by atoms with Crippen LogP contribution in [0.3, 0.4) is 0 Å². The van der Waals surface area contributed by atoms with Gasteiger partial charge in [0.2, 0.25) is 10.0 Å². The molecule has 2 aromatic carbocycles. The third-order valence-corrected chi connectivity index (χ3v) is 7.02. The molecule has 156 valence electrons. The van der Waals surface area contributed by atoms with E-state index in [-0.39, 0.29) is 22.8 Å². The number of aliphatic hydroxyl groups is 1. The largest absolute Gasteiger partial charge is 0.392 e. The molecule has 0 aromatic heterocycles. The third kappa shape index (κ3) is 4.83. The maximum Gasteiger partial charge on any atom is 0.251 e. The van der Waals surface area contributed by atoms with Crippen molar-refractivity contribution in [3.8, 4) is 0 Å². The second kappa shape index (κ2) is 8.61. The minimum absolute atomic E-state index is 0.00887. The molecule has 1 fully saturated rings. The summed E-state index contributed by atoms with van der Waals surface area (Å²) >= 11 is 0. The van der Waals surface area contributed by atoms with Crippen LogP contribution in [0.25, 0.3) is 0 Å². The zero-order valence-corrected chi connectivity index (χ0v) is 17.0. The van der Waals surface area contributed by atoms with E-state index in [9.17, 15) is 22.7 Å². The predicted octanol–water partition coefficient (Wildman–Crippen LogP) is 2.24. The molecule has 0 saturated heterocycles. The molecule has 29 heavy (non-hydrogen) atoms. The van der Waals surface area contributed by atoms with E-state index in [0.29, 0.717) is 12.8 Å². The van der Waals surface area contributed by atoms with Gasteiger partial charge in [-0.3, -0.25) is 4.79 Å². The lowest BCUT2D eigenvalue weighted by Gasteiger charge is -2.33. The van der Waals surface area contributed by atoms with E-state index in [1.165, 1.54) is 37.4 Å². The third-order valence-electron chi connectivity index (χ3n) is 5.60. The van der Waals surface area contributed by atoms with Crippen LogP contribution >= 0.6 is 0 Å². The fraction of sp³-hybridized carbons (Fsp3) is 0.381. The van der Waals surface area contributed by atoms with Gasteiger partial charge in [0, 0.05) is 17.5 Å². The highest BCUT2D eigenvalue weighted by Crippen LogP contribution is 2.41. The van der Waals surface area contributed by atoms with Gasteiger partial charge in [-0.25, -0.2) is 17.5 Å². The summed E-state index contributed by atoms with van der Waals surface area (Å²) in [6.45, 7) is 0.243. The number of aliphatic hydroxyl groups excluding tert-OH is 1. The molecule has 0 spiro atoms. The number of benzene rings is 2. The fourth-order valence-electron chi connectivity index (χ4n) is 3.88. The van der Waals surface area contributed by atoms with Crippen molar-refractivity contribution < 1.29 is 22.7 Å². The number of carbonyl (C=O) groups is 1. The van der Waals surface area contributed by atoms with E-state index < -0.39 is 27.4 Å². The van der Waals surface area contributed by atoms with Gasteiger partial charge >= 0.3 is 0 Å². The first kappa shape index (κ1) is 21.4. The Morgan fingerprint density at radius 1 is 1.24 bits per heavy atom. The van der Waals surface area contributed by atoms with Crippen molar-refractivity contribution >= 4 is 15.9 Å². The lowest BCUT2D eigenvalue weighted by molar-refractivity contribution is 0.0500. The number of hydrogen-bond donors (Lipinski definition) is 3. The molecule has 1 aliphatic rings. The van der Waals surface area contributed by atoms with Crippen LogP contribution in [0, 0.1) is 11.2 Å². The Hall–Kier alpha value is -2.29. The summed E-state index contributed by atoms with van der Waals surface area (Å²) in [6, 6.07) is 11.9. The molecular weight excluding hydrogens is 395 g/mol. The summed E-state index contributed by atoms with van der Waals surface area (Å²) in [7, 11) is -2.34. The molecule has 1 saturated carbocycles. The molecule has 2 atom stereocenters. The van der Waals surface area contributed by atoms with E-state index in [0.717, 1.165) is 18.4 Å². The molecule has 1 aliphatic carbocycles. The summed E-state index contributed by atoms with van der Waals surface area (Å²) in [6.07, 6.45) is 2.16. The predicted molar refractivity (Wildman–Crippen MR) is 107 cm³/mol. The van der Waals surface area contributed by atoms with Crippen LogP contribution in [0.15, 0.2) is 53.4 Å². The molecule has 0 unspecified atom stereocenters. The molecule has 0 heterocycles. The highest BCUT2D eigenvalue weighted by atomic mass is 32.2. The van der Waals surface area contributed by atoms with E-state index in [1.54, 1.807) is 18.2 Å². The summed E-state index contributed by atoms with van der Waals surface area (Å²) in [5.74, 6) is -0.727. The lowest BCUT2D eigenvalue weighted by atomic mass is 9.78. The number of nitrogens with one attached hydrogen (secondary N) is 2. The van der Waals surface area contributed by atoms with E-state index >= 15 is 0 Å². The van der Waals surface area contributed by atoms with Gasteiger partial charge in [-0.1, -0.05) is 24.6 Å². The molecule has 0 aliphatic heterocycles. The van der Waals surface area contributed by atoms with Crippen LogP contribution in [-0.2, 0) is 16.4 Å². The average Bonchev–Trinajstić information content (AvgIpc) is 3.08. The van der Waals surface area contributed by atoms with Crippen molar-refractivity contribution in [2.75, 3.05) is 13.6 Å². The molecule has 1 amide bonds. The van der Waals surface area contributed by atoms with Gasteiger partial charge in [0.25, 0.3) is 5.91 Å². The van der Waals surface area contributed by atoms with Gasteiger partial charge < -0.3 is 10.4 Å². The van der Waals surface area contributed by atoms with Crippen molar-refractivity contribution in [1.29, 1.82) is 0 Å². The summed E-state index contributed by atoms with van der Waals surface area (Å²) in [5.41, 5.74) is 0.580. The molecule has 0 bridgehead atoms. The monoisotopic (exact) mass is 420 g/mol. The Morgan fingerprint density at radius 2 is 1.97 bits per heavy atom. The van der Waals surface area contributed by atoms with Crippen molar-refractivity contribution in [1.82, 2.24) is 10.0 Å². The Labute approximate surface area is 170 Å². The molecule has 0 radical (unpaired) electrons. The first-order valence-corrected chi connectivity index (χ1v) is 11.0. The molecule has 3 N–H and O–H groups in total. The Bertz CT molecular complexity index is 978. The fourth-order valence-corrected chi connectivity index (χ4v) is 4.66. The van der Waals surface area contributed by atoms with Crippen LogP contribution < -0.4 is 10.0 Å². The molecule has 3 rings (SSSR count). The quantitative estimate of drug-likeness (QED) is 0.640. The number of rotatable bonds is 7. The van der Waals surface area contributed by atoms with E-state index in [2.05, 4.69) is 10.0 Å². The van der Waals surface area contributed by atoms with Gasteiger partial charge in [-0.2, -0.15) is 0 Å². The second-order valence-electron chi connectivity index (χ2n) is 7.49. The van der Waals surface area contributed by atoms with Crippen LogP contribution in [0.4, 0.5) is 4.39 Å². The normalized spacial score (nSPS) is 21.8. The maximum absolute atomic E-state index is 13.2. The summed E-state index contributed by atoms with van der Waals surface area (Å²) in [4.78, 5) is 12.7. The zero-order chi connectivity index (χ0) is 21.1. The summed E-state index contributed by atoms with van der Waals surface area (Å²) in [5, 5.41) is 13.5. The standard InChI is InChI=1S/C21H25FN2O4S/c1-23-29(27,28)18-5-2-4-16(12-18)20(26)24-14-21(11-3-6-19(21)25)13-15-7-9-17(22)10-8-15/h2,4-5,7-10,12,19,23,25H,3,6,11,13-14H2,1H3,(H,24,26)/t19-,21-/m1/s1. The molecule has 8 heteroatoms. The number of hydrogen-bond acceptors (Lipinski definition) is 4. The van der Waals surface area contributed by atoms with E-state index in [1.807, 2.05) is 0 Å². The van der Waals surface area contributed by atoms with Crippen LogP contribution in [0.1, 0.15) is 35.2 Å². The van der Waals surface area contributed by atoms with Crippen molar-refractivity contribution in [2.24, 2.45) is 5.41 Å². The first-order valence-electron chi connectivity index (χ1n) is 9.50. The minimum atomic E-state index is -3.65. The van der Waals surface area contributed by atoms with Gasteiger partial charge in [0.1, 0.15) is 5.82 Å². The van der Waals surface area contributed by atoms with Gasteiger partial charge in [-0.05, 0) is 62.2 Å². The number of carbonyl (C=O) groups excluding carboxylic acids is 1. The topological polar surface area (TPSA) is 95.5 Å².